The summed E-state index contributed by atoms with van der Waals surface area (Å²) in [5.74, 6) is 0. The number of hydrogen-bond acceptors (Lipinski definition) is 4. The Bertz CT molecular complexity index is 554. The minimum absolute atomic E-state index is 0.0128. The van der Waals surface area contributed by atoms with E-state index < -0.39 is 15.6 Å². The summed E-state index contributed by atoms with van der Waals surface area (Å²) < 4.78 is 27.1. The highest BCUT2D eigenvalue weighted by Crippen LogP contribution is 2.20. The van der Waals surface area contributed by atoms with Crippen molar-refractivity contribution in [2.75, 3.05) is 12.3 Å². The molecule has 0 aliphatic carbocycles. The van der Waals surface area contributed by atoms with Gasteiger partial charge in [0.1, 0.15) is 0 Å². The first-order valence-electron chi connectivity index (χ1n) is 6.82. The average molecular weight is 300 g/mol. The molecule has 5 nitrogen and oxygen atoms in total. The van der Waals surface area contributed by atoms with Gasteiger partial charge in [-0.3, -0.25) is 0 Å². The summed E-state index contributed by atoms with van der Waals surface area (Å²) in [4.78, 5) is 0.187. The van der Waals surface area contributed by atoms with Crippen molar-refractivity contribution in [1.29, 1.82) is 0 Å². The van der Waals surface area contributed by atoms with Gasteiger partial charge in [-0.15, -0.1) is 0 Å². The third-order valence-electron chi connectivity index (χ3n) is 3.19. The van der Waals surface area contributed by atoms with Gasteiger partial charge in [-0.05, 0) is 37.5 Å². The van der Waals surface area contributed by atoms with Crippen LogP contribution in [-0.2, 0) is 16.4 Å². The summed E-state index contributed by atoms with van der Waals surface area (Å²) in [5, 5.41) is 10.1. The molecule has 0 aliphatic rings. The van der Waals surface area contributed by atoms with Crippen LogP contribution in [0.15, 0.2) is 23.1 Å². The molecule has 6 heteroatoms. The van der Waals surface area contributed by atoms with E-state index in [2.05, 4.69) is 4.72 Å². The number of sulfonamides is 1. The maximum atomic E-state index is 12.3. The van der Waals surface area contributed by atoms with Gasteiger partial charge < -0.3 is 10.8 Å². The lowest BCUT2D eigenvalue weighted by atomic mass is 10.0. The molecule has 1 aromatic rings. The first-order valence-corrected chi connectivity index (χ1v) is 8.30. The zero-order valence-electron chi connectivity index (χ0n) is 12.3. The first kappa shape index (κ1) is 16.9. The molecule has 1 rings (SSSR count). The van der Waals surface area contributed by atoms with Crippen LogP contribution in [0, 0.1) is 0 Å². The predicted molar refractivity (Wildman–Crippen MR) is 81.0 cm³/mol. The van der Waals surface area contributed by atoms with E-state index in [4.69, 9.17) is 5.73 Å². The molecule has 0 aliphatic heterocycles. The van der Waals surface area contributed by atoms with Crippen molar-refractivity contribution in [3.05, 3.63) is 23.8 Å². The Hall–Kier alpha value is -1.11. The molecule has 0 saturated heterocycles. The minimum atomic E-state index is -3.67. The number of rotatable bonds is 7. The number of benzene rings is 1. The second kappa shape index (κ2) is 6.56. The number of anilines is 1. The summed E-state index contributed by atoms with van der Waals surface area (Å²) in [6.45, 7) is 5.44. The van der Waals surface area contributed by atoms with Gasteiger partial charge in [0, 0.05) is 12.2 Å². The molecule has 0 saturated carbocycles. The van der Waals surface area contributed by atoms with Crippen molar-refractivity contribution in [3.8, 4) is 0 Å². The van der Waals surface area contributed by atoms with Gasteiger partial charge in [-0.25, -0.2) is 13.1 Å². The van der Waals surface area contributed by atoms with Crippen LogP contribution in [0.5, 0.6) is 0 Å². The van der Waals surface area contributed by atoms with Crippen molar-refractivity contribution in [3.63, 3.8) is 0 Å². The summed E-state index contributed by atoms with van der Waals surface area (Å²) in [5.41, 5.74) is 5.74. The molecule has 4 N–H and O–H groups in total. The normalized spacial score (nSPS) is 15.0. The average Bonchev–Trinajstić information content (AvgIpc) is 2.37. The molecule has 0 spiro atoms. The fourth-order valence-corrected chi connectivity index (χ4v) is 3.57. The Kier molecular flexibility index (Phi) is 5.56. The molecule has 1 atom stereocenters. The summed E-state index contributed by atoms with van der Waals surface area (Å²) >= 11 is 0. The van der Waals surface area contributed by atoms with E-state index in [1.165, 1.54) is 6.07 Å². The van der Waals surface area contributed by atoms with Crippen LogP contribution in [0.1, 0.15) is 39.2 Å². The zero-order chi connectivity index (χ0) is 15.4. The highest BCUT2D eigenvalue weighted by molar-refractivity contribution is 7.89. The molecule has 0 radical (unpaired) electrons. The maximum Gasteiger partial charge on any atom is 0.241 e. The summed E-state index contributed by atoms with van der Waals surface area (Å²) in [6.07, 6.45) is 1.92. The van der Waals surface area contributed by atoms with Gasteiger partial charge in [-0.2, -0.15) is 0 Å². The Labute approximate surface area is 121 Å². The monoisotopic (exact) mass is 300 g/mol. The van der Waals surface area contributed by atoms with E-state index in [-0.39, 0.29) is 11.4 Å². The summed E-state index contributed by atoms with van der Waals surface area (Å²) in [6, 6.07) is 4.86. The van der Waals surface area contributed by atoms with E-state index in [1.54, 1.807) is 19.1 Å². The molecular weight excluding hydrogens is 276 g/mol. The first-order chi connectivity index (χ1) is 9.22. The lowest BCUT2D eigenvalue weighted by Gasteiger charge is -2.23. The van der Waals surface area contributed by atoms with Gasteiger partial charge >= 0.3 is 0 Å². The van der Waals surface area contributed by atoms with Crippen LogP contribution in [0.3, 0.4) is 0 Å². The Morgan fingerprint density at radius 2 is 2.00 bits per heavy atom. The SMILES string of the molecule is CCCC(C)(O)CNS(=O)(=O)c1cc(N)ccc1CC. The van der Waals surface area contributed by atoms with E-state index in [9.17, 15) is 13.5 Å². The molecule has 1 unspecified atom stereocenters. The van der Waals surface area contributed by atoms with Crippen LogP contribution in [0.2, 0.25) is 0 Å². The molecule has 114 valence electrons. The van der Waals surface area contributed by atoms with Crippen LogP contribution < -0.4 is 10.5 Å². The highest BCUT2D eigenvalue weighted by atomic mass is 32.2. The second-order valence-corrected chi connectivity index (χ2v) is 7.03. The van der Waals surface area contributed by atoms with Crippen molar-refractivity contribution in [2.45, 2.75) is 50.5 Å². The molecule has 0 bridgehead atoms. The van der Waals surface area contributed by atoms with Crippen LogP contribution in [0.4, 0.5) is 5.69 Å². The standard InChI is InChI=1S/C14H24N2O3S/c1-4-8-14(3,17)10-16-20(18,19)13-9-12(15)7-6-11(13)5-2/h6-7,9,16-17H,4-5,8,10,15H2,1-3H3. The third kappa shape index (κ3) is 4.47. The van der Waals surface area contributed by atoms with Gasteiger partial charge in [-0.1, -0.05) is 26.3 Å². The molecular formula is C14H24N2O3S. The molecule has 0 fully saturated rings. The maximum absolute atomic E-state index is 12.3. The van der Waals surface area contributed by atoms with Crippen molar-refractivity contribution in [2.24, 2.45) is 0 Å². The van der Waals surface area contributed by atoms with Crippen molar-refractivity contribution < 1.29 is 13.5 Å². The van der Waals surface area contributed by atoms with Crippen LogP contribution in [-0.4, -0.2) is 25.7 Å². The van der Waals surface area contributed by atoms with E-state index >= 15 is 0 Å². The number of nitrogens with one attached hydrogen (secondary N) is 1. The van der Waals surface area contributed by atoms with E-state index in [0.717, 1.165) is 6.42 Å². The van der Waals surface area contributed by atoms with Gasteiger partial charge in [0.2, 0.25) is 10.0 Å². The Morgan fingerprint density at radius 3 is 2.55 bits per heavy atom. The van der Waals surface area contributed by atoms with E-state index in [1.807, 2.05) is 13.8 Å². The molecule has 1 aromatic carbocycles. The van der Waals surface area contributed by atoms with Gasteiger partial charge in [0.05, 0.1) is 10.5 Å². The molecule has 0 aromatic heterocycles. The van der Waals surface area contributed by atoms with Gasteiger partial charge in [0.25, 0.3) is 0 Å². The van der Waals surface area contributed by atoms with E-state index in [0.29, 0.717) is 24.1 Å². The van der Waals surface area contributed by atoms with Crippen LogP contribution in [0.25, 0.3) is 0 Å². The molecule has 0 amide bonds. The lowest BCUT2D eigenvalue weighted by Crippen LogP contribution is -2.40. The molecule has 0 heterocycles. The van der Waals surface area contributed by atoms with Crippen molar-refractivity contribution in [1.82, 2.24) is 4.72 Å². The Morgan fingerprint density at radius 1 is 1.35 bits per heavy atom. The zero-order valence-corrected chi connectivity index (χ0v) is 13.1. The topological polar surface area (TPSA) is 92.4 Å². The fourth-order valence-electron chi connectivity index (χ4n) is 2.07. The largest absolute Gasteiger partial charge is 0.399 e. The number of nitrogens with two attached hydrogens (primary N) is 1. The minimum Gasteiger partial charge on any atom is -0.399 e. The predicted octanol–water partition coefficient (Wildman–Crippen LogP) is 1.66. The molecule has 20 heavy (non-hydrogen) atoms. The lowest BCUT2D eigenvalue weighted by molar-refractivity contribution is 0.0554. The number of aryl methyl sites for hydroxylation is 1. The highest BCUT2D eigenvalue weighted by Gasteiger charge is 2.24. The second-order valence-electron chi connectivity index (χ2n) is 5.29. The fraction of sp³-hybridized carbons (Fsp3) is 0.571. The number of hydrogen-bond donors (Lipinski definition) is 3. The van der Waals surface area contributed by atoms with Crippen molar-refractivity contribution >= 4 is 15.7 Å². The number of aliphatic hydroxyl groups is 1. The smallest absolute Gasteiger partial charge is 0.241 e. The third-order valence-corrected chi connectivity index (χ3v) is 4.68. The quantitative estimate of drug-likeness (QED) is 0.668. The summed E-state index contributed by atoms with van der Waals surface area (Å²) in [7, 11) is -3.67. The number of nitrogen functional groups attached to an aromatic ring is 1. The van der Waals surface area contributed by atoms with Gasteiger partial charge in [0.15, 0.2) is 0 Å². The Balaban J connectivity index is 2.97. The van der Waals surface area contributed by atoms with Crippen LogP contribution >= 0.6 is 0 Å².